The summed E-state index contributed by atoms with van der Waals surface area (Å²) in [4.78, 5) is 19.6. The summed E-state index contributed by atoms with van der Waals surface area (Å²) in [6, 6.07) is 18.2. The van der Waals surface area contributed by atoms with E-state index in [2.05, 4.69) is 21.9 Å². The van der Waals surface area contributed by atoms with Crippen molar-refractivity contribution in [3.63, 3.8) is 0 Å². The number of hydrogen-bond donors (Lipinski definition) is 0. The maximum atomic E-state index is 13.1. The minimum absolute atomic E-state index is 0.0819. The third kappa shape index (κ3) is 5.31. The molecule has 2 fully saturated rings. The minimum Gasteiger partial charge on any atom is -0.368 e. The Hall–Kier alpha value is -2.42. The first-order valence-corrected chi connectivity index (χ1v) is 13.0. The SMILES string of the molecule is CCS(=O)(=O)N1CCN(Cc2cccc(C(=O)N3CCN(c4ccccc4)CC3)c2)CC1. The van der Waals surface area contributed by atoms with Gasteiger partial charge in [0, 0.05) is 70.2 Å². The van der Waals surface area contributed by atoms with Crippen LogP contribution >= 0.6 is 0 Å². The number of carbonyl (C=O) groups excluding carboxylic acids is 1. The van der Waals surface area contributed by atoms with Crippen LogP contribution in [0.1, 0.15) is 22.8 Å². The number of rotatable bonds is 6. The molecule has 0 atom stereocenters. The van der Waals surface area contributed by atoms with E-state index in [-0.39, 0.29) is 11.7 Å². The average Bonchev–Trinajstić information content (AvgIpc) is 2.85. The molecule has 0 aromatic heterocycles. The van der Waals surface area contributed by atoms with E-state index in [1.54, 1.807) is 11.2 Å². The van der Waals surface area contributed by atoms with Crippen molar-refractivity contribution in [2.24, 2.45) is 0 Å². The third-order valence-corrected chi connectivity index (χ3v) is 8.24. The van der Waals surface area contributed by atoms with Gasteiger partial charge >= 0.3 is 0 Å². The lowest BCUT2D eigenvalue weighted by molar-refractivity contribution is 0.0746. The van der Waals surface area contributed by atoms with E-state index >= 15 is 0 Å². The van der Waals surface area contributed by atoms with E-state index < -0.39 is 10.0 Å². The van der Waals surface area contributed by atoms with Crippen LogP contribution in [-0.4, -0.2) is 86.5 Å². The number of nitrogens with zero attached hydrogens (tertiary/aromatic N) is 4. The maximum absolute atomic E-state index is 13.1. The van der Waals surface area contributed by atoms with E-state index in [0.717, 1.165) is 30.8 Å². The standard InChI is InChI=1S/C24H32N4O3S/c1-2-32(30,31)28-17-11-25(12-18-28)20-21-7-6-8-22(19-21)24(29)27-15-13-26(14-16-27)23-9-4-3-5-10-23/h3-10,19H,2,11-18,20H2,1H3. The quantitative estimate of drug-likeness (QED) is 0.666. The number of piperazine rings is 2. The maximum Gasteiger partial charge on any atom is 0.253 e. The average molecular weight is 457 g/mol. The number of carbonyl (C=O) groups is 1. The number of benzene rings is 2. The first-order chi connectivity index (χ1) is 15.5. The molecule has 2 aliphatic rings. The van der Waals surface area contributed by atoms with Gasteiger partial charge < -0.3 is 9.80 Å². The molecule has 2 aromatic rings. The van der Waals surface area contributed by atoms with Crippen molar-refractivity contribution >= 4 is 21.6 Å². The Morgan fingerprint density at radius 3 is 2.19 bits per heavy atom. The van der Waals surface area contributed by atoms with Crippen molar-refractivity contribution in [2.45, 2.75) is 13.5 Å². The number of para-hydroxylation sites is 1. The molecule has 0 N–H and O–H groups in total. The molecule has 2 aromatic carbocycles. The Morgan fingerprint density at radius 1 is 0.844 bits per heavy atom. The van der Waals surface area contributed by atoms with Crippen LogP contribution in [0.2, 0.25) is 0 Å². The fraction of sp³-hybridized carbons (Fsp3) is 0.458. The van der Waals surface area contributed by atoms with Gasteiger partial charge in [-0.25, -0.2) is 8.42 Å². The Kier molecular flexibility index (Phi) is 7.13. The predicted octanol–water partition coefficient (Wildman–Crippen LogP) is 2.12. The molecule has 7 nitrogen and oxygen atoms in total. The van der Waals surface area contributed by atoms with Crippen LogP contribution in [0.5, 0.6) is 0 Å². The highest BCUT2D eigenvalue weighted by Gasteiger charge is 2.26. The molecule has 0 aliphatic carbocycles. The Morgan fingerprint density at radius 2 is 1.53 bits per heavy atom. The first kappa shape index (κ1) is 22.8. The lowest BCUT2D eigenvalue weighted by Crippen LogP contribution is -2.49. The van der Waals surface area contributed by atoms with Crippen LogP contribution in [0.15, 0.2) is 54.6 Å². The van der Waals surface area contributed by atoms with Crippen LogP contribution in [0.25, 0.3) is 0 Å². The summed E-state index contributed by atoms with van der Waals surface area (Å²) in [6.45, 7) is 7.98. The van der Waals surface area contributed by atoms with Gasteiger partial charge in [0.1, 0.15) is 0 Å². The van der Waals surface area contributed by atoms with E-state index in [9.17, 15) is 13.2 Å². The van der Waals surface area contributed by atoms with Gasteiger partial charge in [-0.1, -0.05) is 30.3 Å². The second-order valence-corrected chi connectivity index (χ2v) is 10.6. The summed E-state index contributed by atoms with van der Waals surface area (Å²) in [5.74, 6) is 0.231. The second-order valence-electron chi connectivity index (χ2n) is 8.39. The second kappa shape index (κ2) is 10.0. The monoisotopic (exact) mass is 456 g/mol. The van der Waals surface area contributed by atoms with E-state index in [0.29, 0.717) is 39.3 Å². The van der Waals surface area contributed by atoms with Gasteiger partial charge in [0.05, 0.1) is 5.75 Å². The normalized spacial score (nSPS) is 18.7. The molecule has 32 heavy (non-hydrogen) atoms. The van der Waals surface area contributed by atoms with Crippen LogP contribution < -0.4 is 4.90 Å². The molecular weight excluding hydrogens is 424 g/mol. The largest absolute Gasteiger partial charge is 0.368 e. The van der Waals surface area contributed by atoms with Crippen LogP contribution in [-0.2, 0) is 16.6 Å². The molecule has 2 saturated heterocycles. The molecule has 0 saturated carbocycles. The van der Waals surface area contributed by atoms with Crippen molar-refractivity contribution in [1.82, 2.24) is 14.1 Å². The fourth-order valence-electron chi connectivity index (χ4n) is 4.40. The highest BCUT2D eigenvalue weighted by Crippen LogP contribution is 2.18. The van der Waals surface area contributed by atoms with Gasteiger partial charge in [0.2, 0.25) is 10.0 Å². The van der Waals surface area contributed by atoms with Crippen LogP contribution in [0, 0.1) is 0 Å². The van der Waals surface area contributed by atoms with Crippen molar-refractivity contribution in [3.05, 3.63) is 65.7 Å². The Balaban J connectivity index is 1.32. The molecule has 0 bridgehead atoms. The third-order valence-electron chi connectivity index (χ3n) is 6.36. The molecule has 0 radical (unpaired) electrons. The highest BCUT2D eigenvalue weighted by atomic mass is 32.2. The number of hydrogen-bond acceptors (Lipinski definition) is 5. The summed E-state index contributed by atoms with van der Waals surface area (Å²) < 4.78 is 25.7. The zero-order chi connectivity index (χ0) is 22.6. The fourth-order valence-corrected chi connectivity index (χ4v) is 5.48. The summed E-state index contributed by atoms with van der Waals surface area (Å²) >= 11 is 0. The topological polar surface area (TPSA) is 64.2 Å². The molecule has 1 amide bonds. The van der Waals surface area contributed by atoms with E-state index in [1.165, 1.54) is 5.69 Å². The lowest BCUT2D eigenvalue weighted by atomic mass is 10.1. The molecule has 2 heterocycles. The molecule has 172 valence electrons. The van der Waals surface area contributed by atoms with Crippen molar-refractivity contribution in [3.8, 4) is 0 Å². The van der Waals surface area contributed by atoms with E-state index in [1.807, 2.05) is 47.4 Å². The predicted molar refractivity (Wildman–Crippen MR) is 127 cm³/mol. The molecule has 0 spiro atoms. The van der Waals surface area contributed by atoms with Crippen LogP contribution in [0.3, 0.4) is 0 Å². The van der Waals surface area contributed by atoms with Crippen molar-refractivity contribution in [1.29, 1.82) is 0 Å². The molecular formula is C24H32N4O3S. The molecule has 8 heteroatoms. The lowest BCUT2D eigenvalue weighted by Gasteiger charge is -2.36. The van der Waals surface area contributed by atoms with Gasteiger partial charge in [-0.2, -0.15) is 4.31 Å². The van der Waals surface area contributed by atoms with Gasteiger partial charge in [0.25, 0.3) is 5.91 Å². The van der Waals surface area contributed by atoms with Crippen molar-refractivity contribution < 1.29 is 13.2 Å². The zero-order valence-corrected chi connectivity index (χ0v) is 19.5. The van der Waals surface area contributed by atoms with Crippen LogP contribution in [0.4, 0.5) is 5.69 Å². The van der Waals surface area contributed by atoms with Gasteiger partial charge in [-0.05, 0) is 36.8 Å². The summed E-state index contributed by atoms with van der Waals surface area (Å²) in [7, 11) is -3.12. The van der Waals surface area contributed by atoms with E-state index in [4.69, 9.17) is 0 Å². The van der Waals surface area contributed by atoms with Gasteiger partial charge in [-0.3, -0.25) is 9.69 Å². The minimum atomic E-state index is -3.12. The molecule has 4 rings (SSSR count). The Labute approximate surface area is 191 Å². The zero-order valence-electron chi connectivity index (χ0n) is 18.7. The number of sulfonamides is 1. The molecule has 2 aliphatic heterocycles. The number of anilines is 1. The summed E-state index contributed by atoms with van der Waals surface area (Å²) in [5.41, 5.74) is 3.02. The smallest absolute Gasteiger partial charge is 0.253 e. The van der Waals surface area contributed by atoms with Crippen molar-refractivity contribution in [2.75, 3.05) is 63.0 Å². The summed E-state index contributed by atoms with van der Waals surface area (Å²) in [6.07, 6.45) is 0. The number of amides is 1. The Bertz CT molecular complexity index is 1010. The molecule has 0 unspecified atom stereocenters. The summed E-state index contributed by atoms with van der Waals surface area (Å²) in [5, 5.41) is 0. The highest BCUT2D eigenvalue weighted by molar-refractivity contribution is 7.89. The first-order valence-electron chi connectivity index (χ1n) is 11.3. The van der Waals surface area contributed by atoms with Gasteiger partial charge in [0.15, 0.2) is 0 Å². The van der Waals surface area contributed by atoms with Gasteiger partial charge in [-0.15, -0.1) is 0 Å².